The molecule has 2 aliphatic heterocycles. The number of imide groups is 1. The van der Waals surface area contributed by atoms with Gasteiger partial charge in [-0.1, -0.05) is 24.3 Å². The molecular weight excluding hydrogens is 370 g/mol. The summed E-state index contributed by atoms with van der Waals surface area (Å²) in [4.78, 5) is 37.7. The number of benzene rings is 2. The minimum Gasteiger partial charge on any atom is -0.440 e. The lowest BCUT2D eigenvalue weighted by atomic mass is 10.1. The summed E-state index contributed by atoms with van der Waals surface area (Å²) in [6.07, 6.45) is 0. The Hall–Kier alpha value is -2.25. The highest BCUT2D eigenvalue weighted by molar-refractivity contribution is 8.19. The molecule has 132 valence electrons. The van der Waals surface area contributed by atoms with Gasteiger partial charge in [0.1, 0.15) is 0 Å². The maximum Gasteiger partial charge on any atom is 0.339 e. The molecule has 0 aromatic heterocycles. The smallest absolute Gasteiger partial charge is 0.339 e. The molecule has 4 rings (SSSR count). The zero-order chi connectivity index (χ0) is 18.1. The van der Waals surface area contributed by atoms with Crippen molar-refractivity contribution in [2.45, 2.75) is 4.58 Å². The lowest BCUT2D eigenvalue weighted by molar-refractivity contribution is 0.0228. The Bertz CT molecular complexity index is 840. The molecule has 2 aromatic rings. The van der Waals surface area contributed by atoms with Crippen LogP contribution in [-0.4, -0.2) is 40.9 Å². The van der Waals surface area contributed by atoms with E-state index in [0.29, 0.717) is 21.3 Å². The molecule has 26 heavy (non-hydrogen) atoms. The summed E-state index contributed by atoms with van der Waals surface area (Å²) >= 11 is 3.79. The van der Waals surface area contributed by atoms with Crippen molar-refractivity contribution < 1.29 is 19.1 Å². The predicted molar refractivity (Wildman–Crippen MR) is 101 cm³/mol. The van der Waals surface area contributed by atoms with Crippen LogP contribution >= 0.6 is 23.5 Å². The predicted octanol–water partition coefficient (Wildman–Crippen LogP) is 3.58. The van der Waals surface area contributed by atoms with Crippen LogP contribution in [0.3, 0.4) is 0 Å². The number of thioether (sulfide) groups is 2. The van der Waals surface area contributed by atoms with Crippen molar-refractivity contribution in [1.82, 2.24) is 4.90 Å². The van der Waals surface area contributed by atoms with Gasteiger partial charge in [0.15, 0.2) is 6.73 Å². The van der Waals surface area contributed by atoms with Gasteiger partial charge in [0.05, 0.1) is 21.3 Å². The first-order valence-electron chi connectivity index (χ1n) is 8.10. The van der Waals surface area contributed by atoms with Crippen LogP contribution in [0.1, 0.15) is 41.2 Å². The van der Waals surface area contributed by atoms with Gasteiger partial charge in [-0.05, 0) is 29.8 Å². The lowest BCUT2D eigenvalue weighted by Crippen LogP contribution is -2.33. The Morgan fingerprint density at radius 2 is 1.54 bits per heavy atom. The lowest BCUT2D eigenvalue weighted by Gasteiger charge is -2.14. The highest BCUT2D eigenvalue weighted by atomic mass is 32.2. The van der Waals surface area contributed by atoms with Gasteiger partial charge in [-0.25, -0.2) is 9.69 Å². The van der Waals surface area contributed by atoms with Crippen LogP contribution in [0.2, 0.25) is 0 Å². The summed E-state index contributed by atoms with van der Waals surface area (Å²) in [6, 6.07) is 13.9. The third-order valence-electron chi connectivity index (χ3n) is 4.24. The summed E-state index contributed by atoms with van der Waals surface area (Å²) in [5.41, 5.74) is 2.25. The standard InChI is InChI=1S/C19H15NO4S2/c21-16-14-3-1-2-4-15(14)17(22)20(16)11-24-18(23)12-5-7-13(8-6-12)19-25-9-10-26-19/h1-8,19H,9-11H2. The van der Waals surface area contributed by atoms with Crippen molar-refractivity contribution in [1.29, 1.82) is 0 Å². The Morgan fingerprint density at radius 3 is 2.12 bits per heavy atom. The van der Waals surface area contributed by atoms with E-state index >= 15 is 0 Å². The SMILES string of the molecule is O=C(OCN1C(=O)c2ccccc2C1=O)c1ccc(C2SCCS2)cc1. The molecule has 5 nitrogen and oxygen atoms in total. The highest BCUT2D eigenvalue weighted by Crippen LogP contribution is 2.45. The maximum atomic E-state index is 12.3. The Kier molecular flexibility index (Phi) is 4.74. The van der Waals surface area contributed by atoms with Crippen LogP contribution in [0, 0.1) is 0 Å². The average Bonchev–Trinajstić information content (AvgIpc) is 3.29. The zero-order valence-corrected chi connectivity index (χ0v) is 15.3. The molecule has 2 heterocycles. The van der Waals surface area contributed by atoms with E-state index in [9.17, 15) is 14.4 Å². The molecule has 7 heteroatoms. The van der Waals surface area contributed by atoms with Gasteiger partial charge in [0.25, 0.3) is 11.8 Å². The molecule has 0 radical (unpaired) electrons. The number of nitrogens with zero attached hydrogens (tertiary/aromatic N) is 1. The summed E-state index contributed by atoms with van der Waals surface area (Å²) in [6.45, 7) is -0.388. The van der Waals surface area contributed by atoms with E-state index in [1.165, 1.54) is 5.56 Å². The molecule has 1 fully saturated rings. The van der Waals surface area contributed by atoms with Crippen LogP contribution in [0.25, 0.3) is 0 Å². The third-order valence-corrected chi connectivity index (χ3v) is 7.35. The van der Waals surface area contributed by atoms with E-state index in [1.807, 2.05) is 35.7 Å². The molecule has 1 saturated heterocycles. The number of carbonyl (C=O) groups is 3. The minimum absolute atomic E-state index is 0.337. The first kappa shape index (κ1) is 17.2. The van der Waals surface area contributed by atoms with E-state index in [1.54, 1.807) is 36.4 Å². The molecule has 0 N–H and O–H groups in total. The number of ether oxygens (including phenoxy) is 1. The van der Waals surface area contributed by atoms with Crippen LogP contribution in [-0.2, 0) is 4.74 Å². The largest absolute Gasteiger partial charge is 0.440 e. The molecule has 2 aliphatic rings. The van der Waals surface area contributed by atoms with Gasteiger partial charge in [0.2, 0.25) is 0 Å². The van der Waals surface area contributed by atoms with Gasteiger partial charge in [-0.2, -0.15) is 0 Å². The van der Waals surface area contributed by atoms with E-state index in [2.05, 4.69) is 0 Å². The fourth-order valence-corrected chi connectivity index (χ4v) is 5.75. The second-order valence-electron chi connectivity index (χ2n) is 5.84. The van der Waals surface area contributed by atoms with E-state index in [4.69, 9.17) is 4.74 Å². The Morgan fingerprint density at radius 1 is 0.962 bits per heavy atom. The van der Waals surface area contributed by atoms with Gasteiger partial charge in [-0.3, -0.25) is 9.59 Å². The zero-order valence-electron chi connectivity index (χ0n) is 13.7. The number of fused-ring (bicyclic) bond motifs is 1. The average molecular weight is 385 g/mol. The minimum atomic E-state index is -0.556. The van der Waals surface area contributed by atoms with Crippen molar-refractivity contribution in [3.63, 3.8) is 0 Å². The van der Waals surface area contributed by atoms with Crippen molar-refractivity contribution >= 4 is 41.3 Å². The van der Waals surface area contributed by atoms with Gasteiger partial charge in [-0.15, -0.1) is 23.5 Å². The molecule has 0 bridgehead atoms. The molecule has 0 spiro atoms. The van der Waals surface area contributed by atoms with Crippen molar-refractivity contribution in [2.24, 2.45) is 0 Å². The van der Waals surface area contributed by atoms with Crippen LogP contribution < -0.4 is 0 Å². The second kappa shape index (κ2) is 7.17. The van der Waals surface area contributed by atoms with Crippen LogP contribution in [0.5, 0.6) is 0 Å². The Labute approximate surface area is 159 Å². The number of carbonyl (C=O) groups excluding carboxylic acids is 3. The molecule has 2 amide bonds. The molecule has 0 saturated carbocycles. The second-order valence-corrected chi connectivity index (χ2v) is 8.56. The first-order valence-corrected chi connectivity index (χ1v) is 10.2. The van der Waals surface area contributed by atoms with Crippen LogP contribution in [0.4, 0.5) is 0 Å². The highest BCUT2D eigenvalue weighted by Gasteiger charge is 2.35. The number of amides is 2. The third kappa shape index (κ3) is 3.12. The van der Waals surface area contributed by atoms with E-state index in [0.717, 1.165) is 16.4 Å². The first-order chi connectivity index (χ1) is 12.6. The summed E-state index contributed by atoms with van der Waals surface area (Å²) in [5, 5.41) is 0. The van der Waals surface area contributed by atoms with Crippen molar-refractivity contribution in [3.05, 3.63) is 70.8 Å². The van der Waals surface area contributed by atoms with Gasteiger partial charge in [0, 0.05) is 11.5 Å². The summed E-state index contributed by atoms with van der Waals surface area (Å²) in [5.74, 6) is 0.839. The fraction of sp³-hybridized carbons (Fsp3) is 0.211. The number of esters is 1. The van der Waals surface area contributed by atoms with Gasteiger partial charge >= 0.3 is 5.97 Å². The van der Waals surface area contributed by atoms with E-state index in [-0.39, 0.29) is 6.73 Å². The molecule has 0 atom stereocenters. The topological polar surface area (TPSA) is 63.7 Å². The monoisotopic (exact) mass is 385 g/mol. The molecule has 0 aliphatic carbocycles. The molecule has 0 unspecified atom stereocenters. The van der Waals surface area contributed by atoms with E-state index < -0.39 is 17.8 Å². The summed E-state index contributed by atoms with van der Waals surface area (Å²) < 4.78 is 5.60. The molecule has 2 aromatic carbocycles. The normalized spacial score (nSPS) is 16.8. The quantitative estimate of drug-likeness (QED) is 0.592. The molecular formula is C19H15NO4S2. The number of rotatable bonds is 4. The van der Waals surface area contributed by atoms with Crippen molar-refractivity contribution in [3.8, 4) is 0 Å². The Balaban J connectivity index is 1.40. The number of hydrogen-bond acceptors (Lipinski definition) is 6. The van der Waals surface area contributed by atoms with Crippen molar-refractivity contribution in [2.75, 3.05) is 18.2 Å². The van der Waals surface area contributed by atoms with Gasteiger partial charge < -0.3 is 4.74 Å². The summed E-state index contributed by atoms with van der Waals surface area (Å²) in [7, 11) is 0. The number of hydrogen-bond donors (Lipinski definition) is 0. The maximum absolute atomic E-state index is 12.3. The fourth-order valence-electron chi connectivity index (χ4n) is 2.89. The van der Waals surface area contributed by atoms with Crippen LogP contribution in [0.15, 0.2) is 48.5 Å².